The molecular weight excluding hydrogens is 178 g/mol. The minimum absolute atomic E-state index is 0.0190. The number of nitrogens with zero attached hydrogens (tertiary/aromatic N) is 2. The van der Waals surface area contributed by atoms with E-state index in [1.165, 1.54) is 0 Å². The fourth-order valence-electron chi connectivity index (χ4n) is 1.06. The third-order valence-electron chi connectivity index (χ3n) is 2.24. The van der Waals surface area contributed by atoms with Crippen molar-refractivity contribution in [1.29, 1.82) is 0 Å². The van der Waals surface area contributed by atoms with Gasteiger partial charge in [-0.05, 0) is 27.7 Å². The van der Waals surface area contributed by atoms with Crippen LogP contribution < -0.4 is 5.32 Å². The second-order valence-corrected chi connectivity index (χ2v) is 3.95. The Hall–Kier alpha value is -1.03. The van der Waals surface area contributed by atoms with Crippen LogP contribution in [-0.4, -0.2) is 27.0 Å². The lowest BCUT2D eigenvalue weighted by Gasteiger charge is -2.15. The van der Waals surface area contributed by atoms with Crippen molar-refractivity contribution in [2.24, 2.45) is 0 Å². The van der Waals surface area contributed by atoms with Crippen LogP contribution in [0.15, 0.2) is 12.3 Å². The van der Waals surface area contributed by atoms with E-state index < -0.39 is 0 Å². The van der Waals surface area contributed by atoms with Crippen molar-refractivity contribution in [3.8, 4) is 0 Å². The number of hydrogen-bond donors (Lipinski definition) is 2. The van der Waals surface area contributed by atoms with Crippen LogP contribution in [0.3, 0.4) is 0 Å². The van der Waals surface area contributed by atoms with E-state index in [1.807, 2.05) is 23.9 Å². The lowest BCUT2D eigenvalue weighted by molar-refractivity contribution is 0.177. The van der Waals surface area contributed by atoms with Gasteiger partial charge in [-0.1, -0.05) is 0 Å². The fourth-order valence-corrected chi connectivity index (χ4v) is 1.06. The Bertz CT molecular complexity index is 281. The van der Waals surface area contributed by atoms with Crippen molar-refractivity contribution < 1.29 is 5.11 Å². The van der Waals surface area contributed by atoms with Crippen LogP contribution in [-0.2, 0) is 0 Å². The van der Waals surface area contributed by atoms with E-state index in [-0.39, 0.29) is 12.1 Å². The summed E-state index contributed by atoms with van der Waals surface area (Å²) in [4.78, 5) is 0. The normalized spacial score (nSPS) is 15.6. The first kappa shape index (κ1) is 11.0. The predicted octanol–water partition coefficient (Wildman–Crippen LogP) is 1.65. The van der Waals surface area contributed by atoms with Crippen LogP contribution in [0.5, 0.6) is 0 Å². The molecule has 0 aromatic carbocycles. The number of aliphatic hydroxyl groups excluding tert-OH is 1. The number of aliphatic hydroxyl groups is 1. The predicted molar refractivity (Wildman–Crippen MR) is 57.4 cm³/mol. The molecule has 1 aromatic heterocycles. The molecule has 1 aromatic rings. The van der Waals surface area contributed by atoms with Crippen LogP contribution in [0.2, 0.25) is 0 Å². The van der Waals surface area contributed by atoms with E-state index >= 15 is 0 Å². The highest BCUT2D eigenvalue weighted by atomic mass is 16.3. The molecule has 0 amide bonds. The Kier molecular flexibility index (Phi) is 3.52. The van der Waals surface area contributed by atoms with Gasteiger partial charge >= 0.3 is 0 Å². The van der Waals surface area contributed by atoms with Gasteiger partial charge in [0, 0.05) is 18.3 Å². The molecule has 2 N–H and O–H groups in total. The summed E-state index contributed by atoms with van der Waals surface area (Å²) in [6.45, 7) is 7.85. The summed E-state index contributed by atoms with van der Waals surface area (Å²) >= 11 is 0. The van der Waals surface area contributed by atoms with E-state index in [2.05, 4.69) is 24.3 Å². The van der Waals surface area contributed by atoms with E-state index in [1.54, 1.807) is 6.92 Å². The first-order valence-electron chi connectivity index (χ1n) is 5.00. The minimum Gasteiger partial charge on any atom is -0.391 e. The first-order valence-corrected chi connectivity index (χ1v) is 5.00. The van der Waals surface area contributed by atoms with E-state index in [9.17, 15) is 5.11 Å². The summed E-state index contributed by atoms with van der Waals surface area (Å²) in [6.07, 6.45) is 1.56. The summed E-state index contributed by atoms with van der Waals surface area (Å²) in [6, 6.07) is 2.30. The molecule has 4 nitrogen and oxygen atoms in total. The molecule has 0 aliphatic rings. The summed E-state index contributed by atoms with van der Waals surface area (Å²) in [5.74, 6) is 0.812. The zero-order valence-corrected chi connectivity index (χ0v) is 9.23. The van der Waals surface area contributed by atoms with Gasteiger partial charge in [0.15, 0.2) is 0 Å². The molecule has 0 fully saturated rings. The molecule has 14 heavy (non-hydrogen) atoms. The molecule has 0 saturated heterocycles. The van der Waals surface area contributed by atoms with Crippen LogP contribution in [0, 0.1) is 0 Å². The molecule has 2 atom stereocenters. The van der Waals surface area contributed by atoms with Crippen molar-refractivity contribution in [2.75, 3.05) is 5.32 Å². The largest absolute Gasteiger partial charge is 0.391 e. The highest BCUT2D eigenvalue weighted by Gasteiger charge is 2.09. The second kappa shape index (κ2) is 4.46. The Morgan fingerprint density at radius 3 is 2.43 bits per heavy atom. The molecular formula is C10H19N3O. The van der Waals surface area contributed by atoms with Gasteiger partial charge in [-0.2, -0.15) is 5.10 Å². The Morgan fingerprint density at radius 2 is 2.00 bits per heavy atom. The lowest BCUT2D eigenvalue weighted by Crippen LogP contribution is -2.28. The quantitative estimate of drug-likeness (QED) is 0.771. The highest BCUT2D eigenvalue weighted by Crippen LogP contribution is 2.10. The maximum Gasteiger partial charge on any atom is 0.148 e. The van der Waals surface area contributed by atoms with Gasteiger partial charge in [-0.15, -0.1) is 0 Å². The van der Waals surface area contributed by atoms with Crippen molar-refractivity contribution in [3.05, 3.63) is 12.3 Å². The third kappa shape index (κ3) is 2.73. The Morgan fingerprint density at radius 1 is 1.36 bits per heavy atom. The summed E-state index contributed by atoms with van der Waals surface area (Å²) in [5, 5.41) is 16.8. The van der Waals surface area contributed by atoms with E-state index in [4.69, 9.17) is 0 Å². The summed E-state index contributed by atoms with van der Waals surface area (Å²) < 4.78 is 1.89. The summed E-state index contributed by atoms with van der Waals surface area (Å²) in [5.41, 5.74) is 0. The number of aromatic nitrogens is 2. The molecule has 80 valence electrons. The molecule has 0 spiro atoms. The number of anilines is 1. The number of hydrogen-bond acceptors (Lipinski definition) is 3. The van der Waals surface area contributed by atoms with Crippen LogP contribution in [0.1, 0.15) is 33.7 Å². The molecule has 4 heteroatoms. The minimum atomic E-state index is -0.376. The fraction of sp³-hybridized carbons (Fsp3) is 0.700. The van der Waals surface area contributed by atoms with Gasteiger partial charge in [0.1, 0.15) is 5.82 Å². The molecule has 0 saturated carbocycles. The van der Waals surface area contributed by atoms with Gasteiger partial charge in [0.05, 0.1) is 12.1 Å². The monoisotopic (exact) mass is 197 g/mol. The van der Waals surface area contributed by atoms with E-state index in [0.29, 0.717) is 6.04 Å². The van der Waals surface area contributed by atoms with E-state index in [0.717, 1.165) is 5.82 Å². The summed E-state index contributed by atoms with van der Waals surface area (Å²) in [7, 11) is 0. The molecule has 1 heterocycles. The number of nitrogens with one attached hydrogen (secondary N) is 1. The van der Waals surface area contributed by atoms with Gasteiger partial charge in [0.2, 0.25) is 0 Å². The topological polar surface area (TPSA) is 50.1 Å². The van der Waals surface area contributed by atoms with Crippen LogP contribution >= 0.6 is 0 Å². The maximum atomic E-state index is 9.30. The van der Waals surface area contributed by atoms with Crippen LogP contribution in [0.4, 0.5) is 5.82 Å². The van der Waals surface area contributed by atoms with Crippen LogP contribution in [0.25, 0.3) is 0 Å². The second-order valence-electron chi connectivity index (χ2n) is 3.95. The Balaban J connectivity index is 2.60. The average molecular weight is 197 g/mol. The molecule has 1 rings (SSSR count). The van der Waals surface area contributed by atoms with Crippen molar-refractivity contribution in [2.45, 2.75) is 45.9 Å². The SMILES string of the molecule is CC(O)C(C)Nc1ccn(C(C)C)n1. The van der Waals surface area contributed by atoms with Gasteiger partial charge < -0.3 is 10.4 Å². The van der Waals surface area contributed by atoms with Crippen molar-refractivity contribution >= 4 is 5.82 Å². The molecule has 0 aliphatic carbocycles. The third-order valence-corrected chi connectivity index (χ3v) is 2.24. The zero-order valence-electron chi connectivity index (χ0n) is 9.23. The first-order chi connectivity index (χ1) is 6.50. The van der Waals surface area contributed by atoms with Gasteiger partial charge in [0.25, 0.3) is 0 Å². The highest BCUT2D eigenvalue weighted by molar-refractivity contribution is 5.33. The Labute approximate surface area is 84.9 Å². The molecule has 0 radical (unpaired) electrons. The molecule has 0 bridgehead atoms. The van der Waals surface area contributed by atoms with Crippen molar-refractivity contribution in [3.63, 3.8) is 0 Å². The molecule has 0 aliphatic heterocycles. The standard InChI is InChI=1S/C10H19N3O/c1-7(2)13-6-5-10(12-13)11-8(3)9(4)14/h5-9,14H,1-4H3,(H,11,12). The molecule has 2 unspecified atom stereocenters. The van der Waals surface area contributed by atoms with Gasteiger partial charge in [-0.25, -0.2) is 0 Å². The number of rotatable bonds is 4. The lowest BCUT2D eigenvalue weighted by atomic mass is 10.2. The maximum absolute atomic E-state index is 9.30. The zero-order chi connectivity index (χ0) is 10.7. The average Bonchev–Trinajstić information content (AvgIpc) is 2.52. The van der Waals surface area contributed by atoms with Gasteiger partial charge in [-0.3, -0.25) is 4.68 Å². The smallest absolute Gasteiger partial charge is 0.148 e. The van der Waals surface area contributed by atoms with Crippen molar-refractivity contribution in [1.82, 2.24) is 9.78 Å².